The minimum absolute atomic E-state index is 0.127. The minimum atomic E-state index is -0.127. The van der Waals surface area contributed by atoms with Gasteiger partial charge in [0.2, 0.25) is 11.8 Å². The Morgan fingerprint density at radius 2 is 2.00 bits per heavy atom. The summed E-state index contributed by atoms with van der Waals surface area (Å²) in [7, 11) is 0. The molecule has 1 aliphatic rings. The van der Waals surface area contributed by atoms with Crippen LogP contribution in [0.5, 0.6) is 0 Å². The molecule has 4 nitrogen and oxygen atoms in total. The summed E-state index contributed by atoms with van der Waals surface area (Å²) in [5, 5.41) is 0.557. The Bertz CT molecular complexity index is 418. The van der Waals surface area contributed by atoms with Gasteiger partial charge in [-0.3, -0.25) is 19.5 Å². The van der Waals surface area contributed by atoms with Gasteiger partial charge in [0.05, 0.1) is 12.2 Å². The number of pyridine rings is 1. The number of aromatic nitrogens is 1. The highest BCUT2D eigenvalue weighted by Crippen LogP contribution is 2.16. The van der Waals surface area contributed by atoms with Crippen molar-refractivity contribution in [2.45, 2.75) is 25.8 Å². The van der Waals surface area contributed by atoms with Gasteiger partial charge in [-0.25, -0.2) is 0 Å². The minimum Gasteiger partial charge on any atom is -0.277 e. The van der Waals surface area contributed by atoms with E-state index in [0.717, 1.165) is 0 Å². The van der Waals surface area contributed by atoms with Crippen molar-refractivity contribution < 1.29 is 9.59 Å². The van der Waals surface area contributed by atoms with Gasteiger partial charge in [-0.15, -0.1) is 0 Å². The number of carbonyl (C=O) groups is 2. The summed E-state index contributed by atoms with van der Waals surface area (Å²) in [6.07, 6.45) is 3.09. The number of piperidine rings is 1. The lowest BCUT2D eigenvalue weighted by Gasteiger charge is -2.24. The van der Waals surface area contributed by atoms with Gasteiger partial charge in [0.15, 0.2) is 0 Å². The highest BCUT2D eigenvalue weighted by atomic mass is 35.5. The van der Waals surface area contributed by atoms with E-state index in [1.807, 2.05) is 0 Å². The van der Waals surface area contributed by atoms with Crippen molar-refractivity contribution in [1.82, 2.24) is 9.88 Å². The van der Waals surface area contributed by atoms with Gasteiger partial charge in [-0.2, -0.15) is 0 Å². The number of hydrogen-bond acceptors (Lipinski definition) is 3. The third-order valence-electron chi connectivity index (χ3n) is 2.48. The van der Waals surface area contributed by atoms with Crippen LogP contribution in [0.3, 0.4) is 0 Å². The molecule has 0 aliphatic carbocycles. The third-order valence-corrected chi connectivity index (χ3v) is 2.72. The number of likely N-dealkylation sites (tertiary alicyclic amines) is 1. The largest absolute Gasteiger partial charge is 0.277 e. The molecule has 0 atom stereocenters. The fourth-order valence-corrected chi connectivity index (χ4v) is 1.86. The Balaban J connectivity index is 2.13. The first-order valence-corrected chi connectivity index (χ1v) is 5.48. The van der Waals surface area contributed by atoms with Crippen molar-refractivity contribution in [2.24, 2.45) is 0 Å². The van der Waals surface area contributed by atoms with Gasteiger partial charge in [0, 0.05) is 24.1 Å². The maximum absolute atomic E-state index is 11.5. The molecule has 1 fully saturated rings. The SMILES string of the molecule is O=C1CCCC(=O)N1Cc1cc(Cl)ccn1. The van der Waals surface area contributed by atoms with Crippen LogP contribution in [0.2, 0.25) is 5.02 Å². The number of nitrogens with zero attached hydrogens (tertiary/aromatic N) is 2. The molecule has 5 heteroatoms. The van der Waals surface area contributed by atoms with Crippen LogP contribution >= 0.6 is 11.6 Å². The zero-order valence-corrected chi connectivity index (χ0v) is 9.41. The second-order valence-corrected chi connectivity index (χ2v) is 4.13. The van der Waals surface area contributed by atoms with E-state index in [1.165, 1.54) is 4.90 Å². The Hall–Kier alpha value is -1.42. The van der Waals surface area contributed by atoms with Crippen LogP contribution in [-0.2, 0) is 16.1 Å². The van der Waals surface area contributed by atoms with E-state index >= 15 is 0 Å². The second-order valence-electron chi connectivity index (χ2n) is 3.69. The number of imide groups is 1. The fourth-order valence-electron chi connectivity index (χ4n) is 1.67. The summed E-state index contributed by atoms with van der Waals surface area (Å²) in [5.41, 5.74) is 0.635. The highest BCUT2D eigenvalue weighted by molar-refractivity contribution is 6.30. The molecule has 0 bridgehead atoms. The van der Waals surface area contributed by atoms with E-state index in [2.05, 4.69) is 4.98 Å². The van der Waals surface area contributed by atoms with E-state index in [9.17, 15) is 9.59 Å². The summed E-state index contributed by atoms with van der Waals surface area (Å²) in [6, 6.07) is 3.32. The molecule has 2 rings (SSSR count). The number of halogens is 1. The predicted molar refractivity (Wildman–Crippen MR) is 58.7 cm³/mol. The van der Waals surface area contributed by atoms with Gasteiger partial charge < -0.3 is 0 Å². The average Bonchev–Trinajstić information content (AvgIpc) is 2.24. The molecule has 2 amide bonds. The van der Waals surface area contributed by atoms with Crippen LogP contribution in [0.15, 0.2) is 18.3 Å². The maximum Gasteiger partial charge on any atom is 0.229 e. The van der Waals surface area contributed by atoms with Crippen LogP contribution in [-0.4, -0.2) is 21.7 Å². The molecule has 1 aliphatic heterocycles. The molecule has 0 unspecified atom stereocenters. The van der Waals surface area contributed by atoms with Crippen molar-refractivity contribution in [2.75, 3.05) is 0 Å². The van der Waals surface area contributed by atoms with Crippen LogP contribution < -0.4 is 0 Å². The van der Waals surface area contributed by atoms with Crippen LogP contribution in [0.25, 0.3) is 0 Å². The summed E-state index contributed by atoms with van der Waals surface area (Å²) in [5.74, 6) is -0.254. The van der Waals surface area contributed by atoms with Crippen molar-refractivity contribution in [3.8, 4) is 0 Å². The Labute approximate surface area is 98.2 Å². The van der Waals surface area contributed by atoms with E-state index in [1.54, 1.807) is 18.3 Å². The summed E-state index contributed by atoms with van der Waals surface area (Å²) in [4.78, 5) is 28.4. The standard InChI is InChI=1S/C11H11ClN2O2/c12-8-4-5-13-9(6-8)7-14-10(15)2-1-3-11(14)16/h4-6H,1-3,7H2. The Morgan fingerprint density at radius 1 is 1.31 bits per heavy atom. The molecule has 1 saturated heterocycles. The smallest absolute Gasteiger partial charge is 0.229 e. The molecule has 0 N–H and O–H groups in total. The molecule has 0 spiro atoms. The maximum atomic E-state index is 11.5. The summed E-state index contributed by atoms with van der Waals surface area (Å²) >= 11 is 5.81. The van der Waals surface area contributed by atoms with Gasteiger partial charge in [0.25, 0.3) is 0 Å². The monoisotopic (exact) mass is 238 g/mol. The zero-order chi connectivity index (χ0) is 11.5. The predicted octanol–water partition coefficient (Wildman–Crippen LogP) is 1.77. The molecule has 1 aromatic rings. The van der Waals surface area contributed by atoms with Crippen LogP contribution in [0, 0.1) is 0 Å². The Morgan fingerprint density at radius 3 is 2.62 bits per heavy atom. The van der Waals surface area contributed by atoms with Crippen molar-refractivity contribution in [1.29, 1.82) is 0 Å². The van der Waals surface area contributed by atoms with Crippen molar-refractivity contribution >= 4 is 23.4 Å². The molecular formula is C11H11ClN2O2. The first-order chi connectivity index (χ1) is 7.66. The zero-order valence-electron chi connectivity index (χ0n) is 8.65. The van der Waals surface area contributed by atoms with Gasteiger partial charge in [-0.1, -0.05) is 11.6 Å². The van der Waals surface area contributed by atoms with Gasteiger partial charge in [-0.05, 0) is 18.6 Å². The topological polar surface area (TPSA) is 50.3 Å². The first kappa shape index (κ1) is 11.1. The third kappa shape index (κ3) is 2.39. The fraction of sp³-hybridized carbons (Fsp3) is 0.364. The first-order valence-electron chi connectivity index (χ1n) is 5.10. The lowest BCUT2D eigenvalue weighted by Crippen LogP contribution is -2.39. The van der Waals surface area contributed by atoms with Crippen LogP contribution in [0.4, 0.5) is 0 Å². The Kier molecular flexibility index (Phi) is 3.19. The second kappa shape index (κ2) is 4.61. The van der Waals surface area contributed by atoms with Crippen molar-refractivity contribution in [3.05, 3.63) is 29.0 Å². The van der Waals surface area contributed by atoms with E-state index in [4.69, 9.17) is 11.6 Å². The van der Waals surface area contributed by atoms with E-state index < -0.39 is 0 Å². The summed E-state index contributed by atoms with van der Waals surface area (Å²) in [6.45, 7) is 0.220. The molecule has 0 saturated carbocycles. The molecule has 0 aromatic carbocycles. The van der Waals surface area contributed by atoms with Gasteiger partial charge >= 0.3 is 0 Å². The lowest BCUT2D eigenvalue weighted by atomic mass is 10.1. The molecule has 2 heterocycles. The van der Waals surface area contributed by atoms with Crippen molar-refractivity contribution in [3.63, 3.8) is 0 Å². The number of rotatable bonds is 2. The highest BCUT2D eigenvalue weighted by Gasteiger charge is 2.26. The molecule has 1 aromatic heterocycles. The molecule has 84 valence electrons. The number of amides is 2. The average molecular weight is 239 g/mol. The number of carbonyl (C=O) groups excluding carboxylic acids is 2. The lowest BCUT2D eigenvalue weighted by molar-refractivity contribution is -0.148. The molecular weight excluding hydrogens is 228 g/mol. The number of hydrogen-bond donors (Lipinski definition) is 0. The van der Waals surface area contributed by atoms with Gasteiger partial charge in [0.1, 0.15) is 0 Å². The van der Waals surface area contributed by atoms with Crippen LogP contribution in [0.1, 0.15) is 25.0 Å². The van der Waals surface area contributed by atoms with E-state index in [0.29, 0.717) is 30.0 Å². The molecule has 0 radical (unpaired) electrons. The normalized spacial score (nSPS) is 16.7. The van der Waals surface area contributed by atoms with E-state index in [-0.39, 0.29) is 18.4 Å². The summed E-state index contributed by atoms with van der Waals surface area (Å²) < 4.78 is 0. The quantitative estimate of drug-likeness (QED) is 0.738. The molecule has 16 heavy (non-hydrogen) atoms.